The molecule has 0 unspecified atom stereocenters. The van der Waals surface area contributed by atoms with Crippen LogP contribution in [0.5, 0.6) is 0 Å². The minimum Gasteiger partial charge on any atom is -0.376 e. The lowest BCUT2D eigenvalue weighted by Crippen LogP contribution is -2.43. The number of fused-ring (bicyclic) bond motifs is 1. The Hall–Kier alpha value is -1.98. The first-order chi connectivity index (χ1) is 23.0. The Morgan fingerprint density at radius 3 is 2.36 bits per heavy atom. The van der Waals surface area contributed by atoms with E-state index in [1.807, 2.05) is 6.07 Å². The summed E-state index contributed by atoms with van der Waals surface area (Å²) in [7, 11) is -3.15. The van der Waals surface area contributed by atoms with Crippen LogP contribution in [0.1, 0.15) is 90.2 Å². The average Bonchev–Trinajstić information content (AvgIpc) is 3.73. The molecule has 0 radical (unpaired) electrons. The smallest absolute Gasteiger partial charge is 0.376 e. The van der Waals surface area contributed by atoms with Crippen LogP contribution in [0.25, 0.3) is 11.0 Å². The summed E-state index contributed by atoms with van der Waals surface area (Å²) in [5, 5.41) is 2.96. The number of ether oxygens (including phenoxy) is 3. The second kappa shape index (κ2) is 15.9. The number of carbonyl (C=O) groups excluding carboxylic acids is 1. The lowest BCUT2D eigenvalue weighted by atomic mass is 9.79. The summed E-state index contributed by atoms with van der Waals surface area (Å²) in [5.74, 6) is -3.18. The molecule has 2 aliphatic rings. The monoisotopic (exact) mass is 752 g/mol. The molecule has 50 heavy (non-hydrogen) atoms. The first kappa shape index (κ1) is 40.8. The predicted octanol–water partition coefficient (Wildman–Crippen LogP) is 7.57. The van der Waals surface area contributed by atoms with Crippen LogP contribution in [-0.4, -0.2) is 76.1 Å². The molecule has 0 spiro atoms. The number of hydrogen-bond acceptors (Lipinski definition) is 6. The zero-order chi connectivity index (χ0) is 37.2. The number of imidazole rings is 1. The zero-order valence-electron chi connectivity index (χ0n) is 30.3. The van der Waals surface area contributed by atoms with E-state index < -0.39 is 60.2 Å². The van der Waals surface area contributed by atoms with Crippen LogP contribution in [0.2, 0.25) is 25.7 Å². The number of amides is 1. The SMILES string of the molecule is C[C@H](O[C@H](C)[C@H](N[S@](=O)C(C)(C)C)c1nc2cc([C@@H](COC3CC3)NC(=O)CC3CC(F)(F)C3)ccc2n1COCC[Si](C)(C)C)C(F)(F)F. The molecule has 9 nitrogen and oxygen atoms in total. The minimum absolute atomic E-state index is 0.0161. The maximum atomic E-state index is 13.6. The number of hydrogen-bond donors (Lipinski definition) is 2. The van der Waals surface area contributed by atoms with E-state index in [0.717, 1.165) is 25.8 Å². The number of benzene rings is 1. The van der Waals surface area contributed by atoms with Crippen molar-refractivity contribution in [2.24, 2.45) is 5.92 Å². The molecule has 1 aromatic heterocycles. The second-order valence-corrected chi connectivity index (χ2v) is 23.6. The maximum Gasteiger partial charge on any atom is 0.414 e. The first-order valence-corrected chi connectivity index (χ1v) is 22.1. The van der Waals surface area contributed by atoms with E-state index in [9.17, 15) is 31.0 Å². The summed E-state index contributed by atoms with van der Waals surface area (Å²) < 4.78 is 103. The van der Waals surface area contributed by atoms with Gasteiger partial charge < -0.3 is 24.1 Å². The van der Waals surface area contributed by atoms with E-state index in [1.165, 1.54) is 6.92 Å². The molecular weight excluding hydrogens is 700 g/mol. The lowest BCUT2D eigenvalue weighted by molar-refractivity contribution is -0.227. The molecule has 2 N–H and O–H groups in total. The van der Waals surface area contributed by atoms with Gasteiger partial charge in [0, 0.05) is 33.9 Å². The topological polar surface area (TPSA) is 104 Å². The van der Waals surface area contributed by atoms with Gasteiger partial charge in [-0.1, -0.05) is 25.7 Å². The highest BCUT2D eigenvalue weighted by atomic mass is 32.2. The molecule has 284 valence electrons. The van der Waals surface area contributed by atoms with E-state index in [0.29, 0.717) is 23.2 Å². The first-order valence-electron chi connectivity index (χ1n) is 17.3. The molecule has 5 atom stereocenters. The van der Waals surface area contributed by atoms with Gasteiger partial charge in [0.1, 0.15) is 18.6 Å². The zero-order valence-corrected chi connectivity index (χ0v) is 32.1. The van der Waals surface area contributed by atoms with Crippen LogP contribution in [0.4, 0.5) is 22.0 Å². The van der Waals surface area contributed by atoms with E-state index in [-0.39, 0.29) is 56.4 Å². The molecule has 4 rings (SSSR count). The normalized spacial score (nSPS) is 20.3. The van der Waals surface area contributed by atoms with E-state index >= 15 is 0 Å². The van der Waals surface area contributed by atoms with Gasteiger partial charge in [0.05, 0.1) is 51.6 Å². The van der Waals surface area contributed by atoms with Crippen molar-refractivity contribution in [2.45, 2.75) is 146 Å². The Morgan fingerprint density at radius 2 is 1.80 bits per heavy atom. The molecule has 16 heteroatoms. The Morgan fingerprint density at radius 1 is 1.14 bits per heavy atom. The molecule has 1 amide bonds. The lowest BCUT2D eigenvalue weighted by Gasteiger charge is -2.34. The van der Waals surface area contributed by atoms with Gasteiger partial charge in [-0.15, -0.1) is 0 Å². The van der Waals surface area contributed by atoms with Gasteiger partial charge in [0.15, 0.2) is 6.10 Å². The minimum atomic E-state index is -4.61. The van der Waals surface area contributed by atoms with Crippen molar-refractivity contribution in [2.75, 3.05) is 13.2 Å². The highest BCUT2D eigenvalue weighted by Crippen LogP contribution is 2.44. The van der Waals surface area contributed by atoms with Crippen molar-refractivity contribution >= 4 is 36.0 Å². The number of aromatic nitrogens is 2. The third-order valence-corrected chi connectivity index (χ3v) is 12.1. The molecule has 0 bridgehead atoms. The predicted molar refractivity (Wildman–Crippen MR) is 186 cm³/mol. The molecular formula is C34H53F5N4O5SSi. The number of rotatable bonds is 18. The Balaban J connectivity index is 1.71. The van der Waals surface area contributed by atoms with Crippen molar-refractivity contribution < 1.29 is 45.2 Å². The Kier molecular flexibility index (Phi) is 13.0. The summed E-state index contributed by atoms with van der Waals surface area (Å²) in [5.41, 5.74) is 1.75. The molecule has 0 aliphatic heterocycles. The van der Waals surface area contributed by atoms with Gasteiger partial charge in [-0.25, -0.2) is 22.7 Å². The molecule has 1 heterocycles. The maximum absolute atomic E-state index is 13.6. The molecule has 2 saturated carbocycles. The number of alkyl halides is 5. The van der Waals surface area contributed by atoms with Crippen molar-refractivity contribution in [3.05, 3.63) is 29.6 Å². The van der Waals surface area contributed by atoms with Crippen LogP contribution in [0.3, 0.4) is 0 Å². The van der Waals surface area contributed by atoms with Gasteiger partial charge in [0.2, 0.25) is 11.8 Å². The largest absolute Gasteiger partial charge is 0.414 e. The summed E-state index contributed by atoms with van der Waals surface area (Å²) >= 11 is 0. The number of carbonyl (C=O) groups is 1. The standard InChI is InChI=1S/C34H53F5N4O5SSi/c1-21(48-22(2)34(37,38)39)30(42-49(45)32(3,4)5)31-41-26-16-24(9-12-28(26)43(31)20-46-13-14-50(6,7)8)27(19-47-25-10-11-25)40-29(44)15-23-17-33(35,36)18-23/h9,12,16,21-23,25,27,30,42H,10-11,13-15,17-20H2,1-8H3,(H,40,44)/t21-,22+,27-,30+,49-/m1/s1. The van der Waals surface area contributed by atoms with Gasteiger partial charge in [-0.3, -0.25) is 4.79 Å². The third-order valence-electron chi connectivity index (χ3n) is 8.85. The fraction of sp³-hybridized carbons (Fsp3) is 0.765. The summed E-state index contributed by atoms with van der Waals surface area (Å²) in [6, 6.07) is 4.65. The van der Waals surface area contributed by atoms with E-state index in [2.05, 4.69) is 29.7 Å². The van der Waals surface area contributed by atoms with Crippen molar-refractivity contribution in [3.63, 3.8) is 0 Å². The van der Waals surface area contributed by atoms with Crippen molar-refractivity contribution in [1.29, 1.82) is 0 Å². The van der Waals surface area contributed by atoms with Gasteiger partial charge in [0.25, 0.3) is 0 Å². The van der Waals surface area contributed by atoms with Gasteiger partial charge in [-0.05, 0) is 77.1 Å². The third kappa shape index (κ3) is 11.8. The summed E-state index contributed by atoms with van der Waals surface area (Å²) in [6.45, 7) is 15.0. The molecule has 0 saturated heterocycles. The highest BCUT2D eigenvalue weighted by Gasteiger charge is 2.46. The molecule has 2 aliphatic carbocycles. The Bertz CT molecular complexity index is 1480. The molecule has 2 fully saturated rings. The van der Waals surface area contributed by atoms with Crippen molar-refractivity contribution in [3.8, 4) is 0 Å². The van der Waals surface area contributed by atoms with Crippen LogP contribution in [0, 0.1) is 5.92 Å². The van der Waals surface area contributed by atoms with Gasteiger partial charge in [-0.2, -0.15) is 13.2 Å². The quantitative estimate of drug-likeness (QED) is 0.0926. The second-order valence-electron chi connectivity index (χ2n) is 16.0. The fourth-order valence-corrected chi connectivity index (χ4v) is 7.19. The Labute approximate surface area is 295 Å². The van der Waals surface area contributed by atoms with Crippen LogP contribution in [0.15, 0.2) is 18.2 Å². The van der Waals surface area contributed by atoms with Crippen molar-refractivity contribution in [1.82, 2.24) is 19.6 Å². The number of nitrogens with one attached hydrogen (secondary N) is 2. The summed E-state index contributed by atoms with van der Waals surface area (Å²) in [4.78, 5) is 17.9. The molecule has 2 aromatic rings. The fourth-order valence-electron chi connectivity index (χ4n) is 5.55. The number of halogens is 5. The average molecular weight is 753 g/mol. The van der Waals surface area contributed by atoms with Crippen LogP contribution >= 0.6 is 0 Å². The van der Waals surface area contributed by atoms with Crippen LogP contribution in [-0.2, 0) is 36.7 Å². The molecule has 1 aromatic carbocycles. The van der Waals surface area contributed by atoms with Gasteiger partial charge >= 0.3 is 6.18 Å². The van der Waals surface area contributed by atoms with Crippen LogP contribution < -0.4 is 10.0 Å². The summed E-state index contributed by atoms with van der Waals surface area (Å²) in [6.07, 6.45) is -6.53. The van der Waals surface area contributed by atoms with E-state index in [4.69, 9.17) is 19.2 Å². The van der Waals surface area contributed by atoms with E-state index in [1.54, 1.807) is 37.5 Å². The number of nitrogens with zero attached hydrogens (tertiary/aromatic N) is 2. The highest BCUT2D eigenvalue weighted by molar-refractivity contribution is 7.84.